The van der Waals surface area contributed by atoms with Crippen LogP contribution in [0.2, 0.25) is 0 Å². The zero-order valence-corrected chi connectivity index (χ0v) is 18.1. The molecule has 0 aromatic heterocycles. The van der Waals surface area contributed by atoms with Crippen LogP contribution in [0.25, 0.3) is 0 Å². The Bertz CT molecular complexity index is 1040. The molecule has 0 spiro atoms. The van der Waals surface area contributed by atoms with Gasteiger partial charge in [0.2, 0.25) is 0 Å². The molecule has 5 rings (SSSR count). The number of carbonyl (C=O) groups is 1. The first-order valence-corrected chi connectivity index (χ1v) is 11.5. The van der Waals surface area contributed by atoms with Crippen LogP contribution >= 0.6 is 11.8 Å². The van der Waals surface area contributed by atoms with Gasteiger partial charge in [-0.2, -0.15) is 0 Å². The Morgan fingerprint density at radius 2 is 1.97 bits per heavy atom. The lowest BCUT2D eigenvalue weighted by Crippen LogP contribution is -2.52. The zero-order valence-electron chi connectivity index (χ0n) is 17.2. The largest absolute Gasteiger partial charge is 0.375 e. The van der Waals surface area contributed by atoms with Crippen molar-refractivity contribution in [3.63, 3.8) is 0 Å². The summed E-state index contributed by atoms with van der Waals surface area (Å²) in [4.78, 5) is 17.5. The fourth-order valence-corrected chi connectivity index (χ4v) is 5.78. The molecule has 2 aromatic rings. The van der Waals surface area contributed by atoms with Crippen molar-refractivity contribution in [2.75, 3.05) is 12.4 Å². The van der Waals surface area contributed by atoms with E-state index >= 15 is 0 Å². The van der Waals surface area contributed by atoms with Gasteiger partial charge >= 0.3 is 0 Å². The number of nitrogens with zero attached hydrogens (tertiary/aromatic N) is 1. The molecule has 1 amide bonds. The smallest absolute Gasteiger partial charge is 0.257 e. The molecule has 1 aliphatic carbocycles. The van der Waals surface area contributed by atoms with Crippen molar-refractivity contribution < 1.29 is 18.3 Å². The SMILES string of the molecule is CC1([C@H]2C[C@H]3CSC(NC(=O)c4ccccc4)=N[C@@]3(c3ccc(F)cc3F)CO2)CC1. The molecule has 7 heteroatoms. The summed E-state index contributed by atoms with van der Waals surface area (Å²) in [7, 11) is 0. The highest BCUT2D eigenvalue weighted by atomic mass is 32.2. The molecule has 2 heterocycles. The maximum atomic E-state index is 14.9. The van der Waals surface area contributed by atoms with Crippen molar-refractivity contribution in [2.24, 2.45) is 16.3 Å². The lowest BCUT2D eigenvalue weighted by molar-refractivity contribution is -0.0862. The van der Waals surface area contributed by atoms with Gasteiger partial charge in [-0.05, 0) is 42.9 Å². The molecule has 31 heavy (non-hydrogen) atoms. The molecule has 0 unspecified atom stereocenters. The van der Waals surface area contributed by atoms with Gasteiger partial charge in [-0.3, -0.25) is 4.79 Å². The average Bonchev–Trinajstić information content (AvgIpc) is 3.52. The van der Waals surface area contributed by atoms with Crippen LogP contribution in [0.4, 0.5) is 8.78 Å². The average molecular weight is 443 g/mol. The molecule has 1 saturated heterocycles. The Hall–Kier alpha value is -2.25. The fourth-order valence-electron chi connectivity index (χ4n) is 4.62. The van der Waals surface area contributed by atoms with Crippen molar-refractivity contribution in [3.8, 4) is 0 Å². The molecule has 2 aliphatic heterocycles. The first kappa shape index (κ1) is 20.6. The van der Waals surface area contributed by atoms with Gasteiger partial charge in [-0.25, -0.2) is 13.8 Å². The summed E-state index contributed by atoms with van der Waals surface area (Å²) in [5.74, 6) is -0.804. The minimum atomic E-state index is -0.982. The van der Waals surface area contributed by atoms with Gasteiger partial charge < -0.3 is 10.1 Å². The van der Waals surface area contributed by atoms with Gasteiger partial charge in [0.25, 0.3) is 5.91 Å². The van der Waals surface area contributed by atoms with Crippen LogP contribution in [-0.4, -0.2) is 29.5 Å². The van der Waals surface area contributed by atoms with E-state index < -0.39 is 17.2 Å². The third-order valence-electron chi connectivity index (χ3n) is 6.87. The number of carbonyl (C=O) groups excluding carboxylic acids is 1. The highest BCUT2D eigenvalue weighted by molar-refractivity contribution is 8.13. The van der Waals surface area contributed by atoms with Gasteiger partial charge in [0, 0.05) is 28.9 Å². The molecule has 3 aliphatic rings. The van der Waals surface area contributed by atoms with E-state index in [9.17, 15) is 13.6 Å². The van der Waals surface area contributed by atoms with Crippen LogP contribution < -0.4 is 5.32 Å². The second kappa shape index (κ2) is 7.71. The summed E-state index contributed by atoms with van der Waals surface area (Å²) >= 11 is 1.47. The number of thioether (sulfide) groups is 1. The number of benzene rings is 2. The number of amidine groups is 1. The predicted molar refractivity (Wildman–Crippen MR) is 117 cm³/mol. The Morgan fingerprint density at radius 3 is 2.68 bits per heavy atom. The normalized spacial score (nSPS) is 28.9. The number of hydrogen-bond acceptors (Lipinski definition) is 4. The van der Waals surface area contributed by atoms with Crippen molar-refractivity contribution in [2.45, 2.75) is 37.8 Å². The lowest BCUT2D eigenvalue weighted by atomic mass is 9.73. The highest BCUT2D eigenvalue weighted by Gasteiger charge is 2.55. The van der Waals surface area contributed by atoms with Gasteiger partial charge in [-0.15, -0.1) is 0 Å². The molecule has 2 aromatic carbocycles. The Morgan fingerprint density at radius 1 is 1.19 bits per heavy atom. The van der Waals surface area contributed by atoms with Crippen LogP contribution in [-0.2, 0) is 10.3 Å². The first-order chi connectivity index (χ1) is 14.9. The van der Waals surface area contributed by atoms with Crippen LogP contribution in [0.1, 0.15) is 42.1 Å². The minimum Gasteiger partial charge on any atom is -0.375 e. The summed E-state index contributed by atoms with van der Waals surface area (Å²) in [5.41, 5.74) is 0.0509. The number of halogens is 2. The number of aliphatic imine (C=N–C) groups is 1. The van der Waals surface area contributed by atoms with Gasteiger partial charge in [0.05, 0.1) is 12.7 Å². The van der Waals surface area contributed by atoms with Crippen molar-refractivity contribution in [1.82, 2.24) is 5.32 Å². The van der Waals surface area contributed by atoms with Gasteiger partial charge in [0.15, 0.2) is 5.17 Å². The topological polar surface area (TPSA) is 50.7 Å². The molecule has 0 radical (unpaired) electrons. The number of hydrogen-bond donors (Lipinski definition) is 1. The zero-order chi connectivity index (χ0) is 21.6. The van der Waals surface area contributed by atoms with E-state index in [2.05, 4.69) is 12.2 Å². The maximum Gasteiger partial charge on any atom is 0.257 e. The molecule has 162 valence electrons. The Labute approximate surface area is 184 Å². The number of fused-ring (bicyclic) bond motifs is 1. The van der Waals surface area contributed by atoms with Gasteiger partial charge in [0.1, 0.15) is 17.2 Å². The number of rotatable bonds is 3. The van der Waals surface area contributed by atoms with E-state index in [0.29, 0.717) is 22.0 Å². The lowest BCUT2D eigenvalue weighted by Gasteiger charge is -2.48. The molecule has 1 N–H and O–H groups in total. The quantitative estimate of drug-likeness (QED) is 0.736. The second-order valence-corrected chi connectivity index (χ2v) is 9.99. The minimum absolute atomic E-state index is 0.0333. The molecular weight excluding hydrogens is 418 g/mol. The molecule has 2 fully saturated rings. The van der Waals surface area contributed by atoms with Gasteiger partial charge in [-0.1, -0.05) is 43.0 Å². The van der Waals surface area contributed by atoms with Crippen LogP contribution in [0.3, 0.4) is 0 Å². The van der Waals surface area contributed by atoms with E-state index in [1.807, 2.05) is 6.07 Å². The Balaban J connectivity index is 1.49. The summed E-state index contributed by atoms with van der Waals surface area (Å²) in [6.07, 6.45) is 3.16. The summed E-state index contributed by atoms with van der Waals surface area (Å²) in [6, 6.07) is 12.5. The summed E-state index contributed by atoms with van der Waals surface area (Å²) in [5, 5.41) is 3.31. The van der Waals surface area contributed by atoms with Crippen LogP contribution in [0.15, 0.2) is 53.5 Å². The van der Waals surface area contributed by atoms with Crippen molar-refractivity contribution in [1.29, 1.82) is 0 Å². The third-order valence-corrected chi connectivity index (χ3v) is 7.91. The van der Waals surface area contributed by atoms with E-state index in [-0.39, 0.29) is 30.0 Å². The van der Waals surface area contributed by atoms with Crippen molar-refractivity contribution in [3.05, 3.63) is 71.3 Å². The number of nitrogens with one attached hydrogen (secondary N) is 1. The van der Waals surface area contributed by atoms with Crippen LogP contribution in [0, 0.1) is 23.0 Å². The molecule has 4 nitrogen and oxygen atoms in total. The van der Waals surface area contributed by atoms with E-state index in [1.54, 1.807) is 24.3 Å². The van der Waals surface area contributed by atoms with E-state index in [0.717, 1.165) is 25.3 Å². The predicted octanol–water partition coefficient (Wildman–Crippen LogP) is 4.90. The number of ether oxygens (including phenoxy) is 1. The summed E-state index contributed by atoms with van der Waals surface area (Å²) in [6.45, 7) is 2.44. The second-order valence-electron chi connectivity index (χ2n) is 8.98. The Kier molecular flexibility index (Phi) is 5.13. The first-order valence-electron chi connectivity index (χ1n) is 10.6. The molecule has 3 atom stereocenters. The molecule has 1 saturated carbocycles. The maximum absolute atomic E-state index is 14.9. The standard InChI is InChI=1S/C24H24F2N2O2S/c1-23(9-10-23)20-11-16-13-31-22(27-21(29)15-5-3-2-4-6-15)28-24(16,14-30-20)18-8-7-17(25)12-19(18)26/h2-8,12,16,20H,9-11,13-14H2,1H3,(H,27,28,29)/t16-,20+,24-/m0/s1. The van der Waals surface area contributed by atoms with E-state index in [4.69, 9.17) is 9.73 Å². The molecule has 0 bridgehead atoms. The highest BCUT2D eigenvalue weighted by Crippen LogP contribution is 2.56. The molecular formula is C24H24F2N2O2S. The van der Waals surface area contributed by atoms with Crippen LogP contribution in [0.5, 0.6) is 0 Å². The fraction of sp³-hybridized carbons (Fsp3) is 0.417. The summed E-state index contributed by atoms with van der Waals surface area (Å²) < 4.78 is 34.8. The third kappa shape index (κ3) is 3.78. The monoisotopic (exact) mass is 442 g/mol. The van der Waals surface area contributed by atoms with Crippen molar-refractivity contribution >= 4 is 22.8 Å². The number of amides is 1. The van der Waals surface area contributed by atoms with E-state index in [1.165, 1.54) is 23.9 Å².